The highest BCUT2D eigenvalue weighted by Crippen LogP contribution is 2.54. The van der Waals surface area contributed by atoms with Crippen molar-refractivity contribution in [1.29, 1.82) is 0 Å². The van der Waals surface area contributed by atoms with E-state index in [2.05, 4.69) is 4.98 Å². The van der Waals surface area contributed by atoms with Crippen LogP contribution in [0, 0.1) is 23.7 Å². The molecule has 0 unspecified atom stereocenters. The van der Waals surface area contributed by atoms with Crippen LogP contribution in [0.5, 0.6) is 0 Å². The van der Waals surface area contributed by atoms with Gasteiger partial charge in [0.1, 0.15) is 6.33 Å². The first-order valence-electron chi connectivity index (χ1n) is 7.47. The molecule has 4 bridgehead atoms. The minimum absolute atomic E-state index is 0.0787. The second-order valence-electron chi connectivity index (χ2n) is 6.78. The van der Waals surface area contributed by atoms with Crippen LogP contribution >= 0.6 is 0 Å². The standard InChI is InChI=1S/C15H21N3O/c1-17(15(19)18-3-2-16-9-18)14-12-5-10-4-11(7-12)8-13(14)6-10/h2-3,9-14H,4-8H2,1H3. The maximum atomic E-state index is 12.5. The maximum Gasteiger partial charge on any atom is 0.329 e. The lowest BCUT2D eigenvalue weighted by Gasteiger charge is -2.56. The van der Waals surface area contributed by atoms with Crippen molar-refractivity contribution in [3.8, 4) is 0 Å². The van der Waals surface area contributed by atoms with Crippen molar-refractivity contribution in [1.82, 2.24) is 14.5 Å². The van der Waals surface area contributed by atoms with E-state index in [9.17, 15) is 4.79 Å². The van der Waals surface area contributed by atoms with E-state index in [-0.39, 0.29) is 6.03 Å². The van der Waals surface area contributed by atoms with Gasteiger partial charge in [-0.15, -0.1) is 0 Å². The topological polar surface area (TPSA) is 38.1 Å². The van der Waals surface area contributed by atoms with Gasteiger partial charge in [-0.3, -0.25) is 4.57 Å². The number of carbonyl (C=O) groups is 1. The summed E-state index contributed by atoms with van der Waals surface area (Å²) >= 11 is 0. The van der Waals surface area contributed by atoms with Crippen molar-refractivity contribution in [2.45, 2.75) is 38.1 Å². The smallest absolute Gasteiger partial charge is 0.324 e. The fraction of sp³-hybridized carbons (Fsp3) is 0.733. The van der Waals surface area contributed by atoms with Crippen molar-refractivity contribution in [3.05, 3.63) is 18.7 Å². The van der Waals surface area contributed by atoms with Gasteiger partial charge in [-0.05, 0) is 55.8 Å². The molecule has 0 spiro atoms. The minimum atomic E-state index is 0.0787. The molecule has 1 amide bonds. The normalized spacial score (nSPS) is 39.5. The molecule has 0 atom stereocenters. The Morgan fingerprint density at radius 2 is 1.79 bits per heavy atom. The Morgan fingerprint density at radius 1 is 1.16 bits per heavy atom. The fourth-order valence-electron chi connectivity index (χ4n) is 5.21. The molecule has 0 aliphatic heterocycles. The zero-order valence-corrected chi connectivity index (χ0v) is 11.4. The van der Waals surface area contributed by atoms with Gasteiger partial charge in [-0.2, -0.15) is 0 Å². The molecule has 5 rings (SSSR count). The maximum absolute atomic E-state index is 12.5. The lowest BCUT2D eigenvalue weighted by Crippen LogP contribution is -2.56. The Labute approximate surface area is 113 Å². The summed E-state index contributed by atoms with van der Waals surface area (Å²) in [6, 6.07) is 0.540. The largest absolute Gasteiger partial charge is 0.329 e. The Morgan fingerprint density at radius 3 is 2.32 bits per heavy atom. The SMILES string of the molecule is CN(C(=O)n1ccnc1)C1C2CC3CC(C2)CC1C3. The van der Waals surface area contributed by atoms with Crippen molar-refractivity contribution in [2.75, 3.05) is 7.05 Å². The first kappa shape index (κ1) is 11.5. The number of imidazole rings is 1. The highest BCUT2D eigenvalue weighted by molar-refractivity contribution is 5.76. The number of rotatable bonds is 1. The second kappa shape index (κ2) is 4.09. The average molecular weight is 259 g/mol. The Hall–Kier alpha value is -1.32. The Kier molecular flexibility index (Phi) is 2.47. The number of amides is 1. The molecule has 4 nitrogen and oxygen atoms in total. The fourth-order valence-corrected chi connectivity index (χ4v) is 5.21. The quantitative estimate of drug-likeness (QED) is 0.777. The molecule has 0 radical (unpaired) electrons. The van der Waals surface area contributed by atoms with Crippen LogP contribution in [0.1, 0.15) is 32.1 Å². The number of hydrogen-bond donors (Lipinski definition) is 0. The highest BCUT2D eigenvalue weighted by Gasteiger charge is 2.50. The Bertz CT molecular complexity index is 454. The summed E-state index contributed by atoms with van der Waals surface area (Å²) in [4.78, 5) is 18.5. The van der Waals surface area contributed by atoms with Gasteiger partial charge in [0, 0.05) is 25.5 Å². The molecule has 4 aliphatic carbocycles. The van der Waals surface area contributed by atoms with Crippen molar-refractivity contribution in [2.24, 2.45) is 23.7 Å². The van der Waals surface area contributed by atoms with Gasteiger partial charge in [0.2, 0.25) is 0 Å². The van der Waals surface area contributed by atoms with Crippen LogP contribution in [0.3, 0.4) is 0 Å². The molecule has 19 heavy (non-hydrogen) atoms. The van der Waals surface area contributed by atoms with Gasteiger partial charge >= 0.3 is 6.03 Å². The lowest BCUT2D eigenvalue weighted by molar-refractivity contribution is -0.0447. The summed E-state index contributed by atoms with van der Waals surface area (Å²) < 4.78 is 1.60. The molecule has 4 aliphatic rings. The number of hydrogen-bond acceptors (Lipinski definition) is 2. The predicted octanol–water partition coefficient (Wildman–Crippen LogP) is 2.61. The molecular formula is C15H21N3O. The minimum Gasteiger partial charge on any atom is -0.324 e. The first-order valence-corrected chi connectivity index (χ1v) is 7.47. The third-order valence-corrected chi connectivity index (χ3v) is 5.65. The number of nitrogens with zero attached hydrogens (tertiary/aromatic N) is 3. The number of carbonyl (C=O) groups excluding carboxylic acids is 1. The van der Waals surface area contributed by atoms with Crippen LogP contribution < -0.4 is 0 Å². The van der Waals surface area contributed by atoms with E-state index >= 15 is 0 Å². The van der Waals surface area contributed by atoms with Gasteiger partial charge < -0.3 is 4.90 Å². The van der Waals surface area contributed by atoms with E-state index in [1.165, 1.54) is 32.1 Å². The summed E-state index contributed by atoms with van der Waals surface area (Å²) in [5.41, 5.74) is 0. The monoisotopic (exact) mass is 259 g/mol. The van der Waals surface area contributed by atoms with E-state index in [1.54, 1.807) is 23.3 Å². The summed E-state index contributed by atoms with van der Waals surface area (Å²) in [5, 5.41) is 0. The van der Waals surface area contributed by atoms with Gasteiger partial charge in [-0.25, -0.2) is 9.78 Å². The molecule has 0 saturated heterocycles. The third-order valence-electron chi connectivity index (χ3n) is 5.65. The summed E-state index contributed by atoms with van der Waals surface area (Å²) in [6.07, 6.45) is 11.9. The van der Waals surface area contributed by atoms with Gasteiger partial charge in [0.25, 0.3) is 0 Å². The second-order valence-corrected chi connectivity index (χ2v) is 6.78. The van der Waals surface area contributed by atoms with Gasteiger partial charge in [0.15, 0.2) is 0 Å². The molecule has 1 heterocycles. The molecule has 4 heteroatoms. The van der Waals surface area contributed by atoms with Crippen LogP contribution in [0.25, 0.3) is 0 Å². The van der Waals surface area contributed by atoms with E-state index in [0.29, 0.717) is 6.04 Å². The Balaban J connectivity index is 1.57. The molecule has 4 fully saturated rings. The molecular weight excluding hydrogens is 238 g/mol. The zero-order valence-electron chi connectivity index (χ0n) is 11.4. The summed E-state index contributed by atoms with van der Waals surface area (Å²) in [6.45, 7) is 0. The molecule has 1 aromatic heterocycles. The highest BCUT2D eigenvalue weighted by atomic mass is 16.2. The van der Waals surface area contributed by atoms with Gasteiger partial charge in [0.05, 0.1) is 0 Å². The third kappa shape index (κ3) is 1.72. The first-order chi connectivity index (χ1) is 9.22. The van der Waals surface area contributed by atoms with E-state index in [0.717, 1.165) is 23.7 Å². The average Bonchev–Trinajstić information content (AvgIpc) is 2.90. The summed E-state index contributed by atoms with van der Waals surface area (Å²) in [5.74, 6) is 3.40. The van der Waals surface area contributed by atoms with E-state index in [4.69, 9.17) is 0 Å². The van der Waals surface area contributed by atoms with Crippen LogP contribution in [-0.2, 0) is 0 Å². The predicted molar refractivity (Wildman–Crippen MR) is 71.6 cm³/mol. The van der Waals surface area contributed by atoms with E-state index < -0.39 is 0 Å². The van der Waals surface area contributed by atoms with Crippen LogP contribution in [0.15, 0.2) is 18.7 Å². The zero-order chi connectivity index (χ0) is 13.0. The molecule has 0 N–H and O–H groups in total. The molecule has 1 aromatic rings. The molecule has 4 saturated carbocycles. The van der Waals surface area contributed by atoms with Crippen LogP contribution in [0.2, 0.25) is 0 Å². The molecule has 102 valence electrons. The van der Waals surface area contributed by atoms with Crippen LogP contribution in [-0.4, -0.2) is 33.6 Å². The molecule has 0 aromatic carbocycles. The summed E-state index contributed by atoms with van der Waals surface area (Å²) in [7, 11) is 1.98. The number of aromatic nitrogens is 2. The lowest BCUT2D eigenvalue weighted by atomic mass is 9.54. The van der Waals surface area contributed by atoms with E-state index in [1.807, 2.05) is 11.9 Å². The van der Waals surface area contributed by atoms with Crippen molar-refractivity contribution >= 4 is 6.03 Å². The van der Waals surface area contributed by atoms with Gasteiger partial charge in [-0.1, -0.05) is 0 Å². The van der Waals surface area contributed by atoms with Crippen molar-refractivity contribution < 1.29 is 4.79 Å². The van der Waals surface area contributed by atoms with Crippen molar-refractivity contribution in [3.63, 3.8) is 0 Å². The van der Waals surface area contributed by atoms with Crippen LogP contribution in [0.4, 0.5) is 4.79 Å².